The summed E-state index contributed by atoms with van der Waals surface area (Å²) in [6.45, 7) is 0. The number of rotatable bonds is 0. The van der Waals surface area contributed by atoms with E-state index in [4.69, 9.17) is 21.0 Å². The van der Waals surface area contributed by atoms with E-state index >= 15 is 0 Å². The van der Waals surface area contributed by atoms with Gasteiger partial charge in [0.2, 0.25) is 0 Å². The second-order valence-corrected chi connectivity index (χ2v) is 11.4. The summed E-state index contributed by atoms with van der Waals surface area (Å²) in [4.78, 5) is 0. The maximum atomic E-state index is 8.16. The average Bonchev–Trinajstić information content (AvgIpc) is 1.95. The third-order valence-electron chi connectivity index (χ3n) is 0.949. The van der Waals surface area contributed by atoms with Crippen LogP contribution in [0.1, 0.15) is 0 Å². The van der Waals surface area contributed by atoms with Crippen LogP contribution in [0.15, 0.2) is 0 Å². The van der Waals surface area contributed by atoms with Crippen molar-refractivity contribution in [2.75, 3.05) is 0 Å². The van der Waals surface area contributed by atoms with Gasteiger partial charge in [-0.3, -0.25) is 0 Å². The first kappa shape index (κ1) is 13.1. The molecule has 0 saturated heterocycles. The first-order valence-corrected chi connectivity index (χ1v) is 10.4. The first-order valence-electron chi connectivity index (χ1n) is 2.31. The van der Waals surface area contributed by atoms with Crippen LogP contribution in [0.4, 0.5) is 0 Å². The molecule has 0 amide bonds. The predicted molar refractivity (Wildman–Crippen MR) is 29.6 cm³/mol. The molecule has 0 spiro atoms. The Labute approximate surface area is 106 Å². The zero-order valence-electron chi connectivity index (χ0n) is 4.50. The number of hydrogen-bond acceptors (Lipinski definition) is 4. The van der Waals surface area contributed by atoms with Gasteiger partial charge in [-0.1, -0.05) is 0 Å². The van der Waals surface area contributed by atoms with Crippen LogP contribution < -0.4 is 0 Å². The van der Waals surface area contributed by atoms with Crippen molar-refractivity contribution in [3.05, 3.63) is 0 Å². The van der Waals surface area contributed by atoms with Crippen LogP contribution in [-0.2, 0) is 21.2 Å². The Balaban J connectivity index is 0. The third-order valence-corrected chi connectivity index (χ3v) is 6.36. The molecule has 10 heavy (non-hydrogen) atoms. The summed E-state index contributed by atoms with van der Waals surface area (Å²) in [5.41, 5.74) is 0. The molecule has 0 aliphatic heterocycles. The molecule has 6 heteroatoms. The molecule has 0 aliphatic carbocycles. The van der Waals surface area contributed by atoms with Crippen molar-refractivity contribution in [1.82, 2.24) is 0 Å². The van der Waals surface area contributed by atoms with Crippen molar-refractivity contribution in [2.45, 2.75) is 0 Å². The molecule has 4 nitrogen and oxygen atoms in total. The van der Waals surface area contributed by atoms with Crippen LogP contribution in [-0.4, -0.2) is 51.4 Å². The van der Waals surface area contributed by atoms with Gasteiger partial charge in [0.05, 0.1) is 0 Å². The SMILES string of the molecule is N#[C][Cd]([C]#N)([C]#N)[C]#N.[KH]. The van der Waals surface area contributed by atoms with E-state index in [2.05, 4.69) is 0 Å². The van der Waals surface area contributed by atoms with E-state index < -0.39 is 21.2 Å². The molecule has 0 saturated carbocycles. The molecule has 0 aliphatic rings. The van der Waals surface area contributed by atoms with Gasteiger partial charge in [0.15, 0.2) is 0 Å². The summed E-state index contributed by atoms with van der Waals surface area (Å²) < 4.78 is 6.04. The zero-order chi connectivity index (χ0) is 7.33. The minimum absolute atomic E-state index is 0. The summed E-state index contributed by atoms with van der Waals surface area (Å²) in [5, 5.41) is 32.6. The van der Waals surface area contributed by atoms with Gasteiger partial charge >= 0.3 is 108 Å². The van der Waals surface area contributed by atoms with Crippen molar-refractivity contribution in [3.63, 3.8) is 0 Å². The predicted octanol–water partition coefficient (Wildman–Crippen LogP) is -0.584. The molecule has 0 aromatic rings. The number of hydrogen-bond donors (Lipinski definition) is 0. The fraction of sp³-hybridized carbons (Fsp3) is 0. The zero-order valence-corrected chi connectivity index (χ0v) is 8.53. The summed E-state index contributed by atoms with van der Waals surface area (Å²) in [6, 6.07) is 0. The topological polar surface area (TPSA) is 95.2 Å². The normalized spacial score (nSPS) is 5.20. The van der Waals surface area contributed by atoms with Gasteiger partial charge in [-0.05, 0) is 0 Å². The van der Waals surface area contributed by atoms with Crippen LogP contribution >= 0.6 is 0 Å². The molecule has 0 heterocycles. The molecule has 0 aromatic carbocycles. The van der Waals surface area contributed by atoms with Gasteiger partial charge in [0.25, 0.3) is 0 Å². The molecule has 0 unspecified atom stereocenters. The summed E-state index contributed by atoms with van der Waals surface area (Å²) >= 11 is -4.36. The van der Waals surface area contributed by atoms with E-state index in [1.165, 1.54) is 14.5 Å². The Hall–Kier alpha value is 0.518. The molecule has 0 atom stereocenters. The Kier molecular flexibility index (Phi) is 8.20. The van der Waals surface area contributed by atoms with E-state index in [-0.39, 0.29) is 51.4 Å². The van der Waals surface area contributed by atoms with Gasteiger partial charge < -0.3 is 0 Å². The van der Waals surface area contributed by atoms with Crippen LogP contribution in [0.25, 0.3) is 0 Å². The second kappa shape index (κ2) is 6.24. The van der Waals surface area contributed by atoms with Crippen LogP contribution in [0.5, 0.6) is 0 Å². The monoisotopic (exact) mass is 258 g/mol. The fourth-order valence-corrected chi connectivity index (χ4v) is 1.42. The van der Waals surface area contributed by atoms with Gasteiger partial charge in [-0.2, -0.15) is 0 Å². The van der Waals surface area contributed by atoms with Gasteiger partial charge in [0.1, 0.15) is 0 Å². The van der Waals surface area contributed by atoms with E-state index in [0.717, 1.165) is 0 Å². The molecule has 40 valence electrons. The molecular formula is C4HCdKN4. The van der Waals surface area contributed by atoms with Gasteiger partial charge in [-0.25, -0.2) is 0 Å². The van der Waals surface area contributed by atoms with E-state index in [1.807, 2.05) is 0 Å². The molecule has 0 fully saturated rings. The van der Waals surface area contributed by atoms with Crippen molar-refractivity contribution in [1.29, 1.82) is 21.0 Å². The van der Waals surface area contributed by atoms with Crippen LogP contribution in [0.2, 0.25) is 0 Å². The van der Waals surface area contributed by atoms with Crippen molar-refractivity contribution in [2.24, 2.45) is 0 Å². The molecule has 0 radical (unpaired) electrons. The van der Waals surface area contributed by atoms with E-state index in [1.54, 1.807) is 0 Å². The van der Waals surface area contributed by atoms with Crippen LogP contribution in [0.3, 0.4) is 0 Å². The van der Waals surface area contributed by atoms with E-state index in [9.17, 15) is 0 Å². The Morgan fingerprint density at radius 1 is 0.700 bits per heavy atom. The molecule has 0 rings (SSSR count). The average molecular weight is 257 g/mol. The van der Waals surface area contributed by atoms with Gasteiger partial charge in [-0.15, -0.1) is 0 Å². The van der Waals surface area contributed by atoms with Crippen molar-refractivity contribution < 1.29 is 21.2 Å². The number of nitrogens with zero attached hydrogens (tertiary/aromatic N) is 4. The maximum absolute atomic E-state index is 8.16. The van der Waals surface area contributed by atoms with Crippen molar-refractivity contribution >= 4 is 51.4 Å². The Morgan fingerprint density at radius 3 is 0.900 bits per heavy atom. The van der Waals surface area contributed by atoms with Crippen LogP contribution in [0, 0.1) is 35.6 Å². The molecule has 0 bridgehead atoms. The number of nitriles is 4. The minimum atomic E-state index is -4.36. The summed E-state index contributed by atoms with van der Waals surface area (Å²) in [5.74, 6) is 0. The molecular weight excluding hydrogens is 256 g/mol. The Morgan fingerprint density at radius 2 is 0.900 bits per heavy atom. The second-order valence-electron chi connectivity index (χ2n) is 1.69. The van der Waals surface area contributed by atoms with Gasteiger partial charge in [0, 0.05) is 0 Å². The molecule has 0 aromatic heterocycles. The van der Waals surface area contributed by atoms with Crippen molar-refractivity contribution in [3.8, 4) is 14.5 Å². The summed E-state index contributed by atoms with van der Waals surface area (Å²) in [7, 11) is 0. The Bertz CT molecular complexity index is 210. The first-order chi connectivity index (χ1) is 4.24. The quantitative estimate of drug-likeness (QED) is 0.542. The van der Waals surface area contributed by atoms with E-state index in [0.29, 0.717) is 0 Å². The standard InChI is InChI=1S/4CN.Cd.K.H/c4*1-2;;;. The third kappa shape index (κ3) is 3.07. The molecule has 0 N–H and O–H groups in total. The fourth-order valence-electron chi connectivity index (χ4n) is 0.212. The summed E-state index contributed by atoms with van der Waals surface area (Å²) in [6.07, 6.45) is 0.